The first kappa shape index (κ1) is 8.15. The Morgan fingerprint density at radius 3 is 1.20 bits per heavy atom. The van der Waals surface area contributed by atoms with Gasteiger partial charge in [-0.25, -0.2) is 16.0 Å². The van der Waals surface area contributed by atoms with Crippen LogP contribution in [0.4, 0.5) is 0 Å². The van der Waals surface area contributed by atoms with Crippen LogP contribution >= 0.6 is 0 Å². The lowest BCUT2D eigenvalue weighted by Gasteiger charge is -2.59. The minimum absolute atomic E-state index is 0.630. The van der Waals surface area contributed by atoms with E-state index in [0.717, 1.165) is 26.2 Å². The topological polar surface area (TPSA) is 0 Å². The van der Waals surface area contributed by atoms with Crippen LogP contribution in [0, 0.1) is 0 Å². The van der Waals surface area contributed by atoms with E-state index >= 15 is 0 Å². The van der Waals surface area contributed by atoms with Crippen molar-refractivity contribution in [1.29, 1.82) is 0 Å². The van der Waals surface area contributed by atoms with Crippen molar-refractivity contribution in [3.8, 4) is 0 Å². The number of hydrogen-bond acceptors (Lipinski definition) is 0. The summed E-state index contributed by atoms with van der Waals surface area (Å²) in [6, 6.07) is 0. The highest BCUT2D eigenvalue weighted by molar-refractivity contribution is 5.98. The van der Waals surface area contributed by atoms with Crippen molar-refractivity contribution in [2.45, 2.75) is 0 Å². The van der Waals surface area contributed by atoms with Crippen LogP contribution < -0.4 is 0 Å². The molecule has 10 heavy (non-hydrogen) atoms. The minimum atomic E-state index is 0.630. The summed E-state index contributed by atoms with van der Waals surface area (Å²) in [7, 11) is 15.8. The molecule has 1 saturated heterocycles. The first-order valence-corrected chi connectivity index (χ1v) is 3.68. The summed E-state index contributed by atoms with van der Waals surface area (Å²) < 4.78 is 1.26. The molecule has 1 aliphatic rings. The van der Waals surface area contributed by atoms with E-state index in [-0.39, 0.29) is 0 Å². The molecule has 1 heterocycles. The van der Waals surface area contributed by atoms with Crippen LogP contribution in [0.25, 0.3) is 0 Å². The Balaban J connectivity index is 2.46. The van der Waals surface area contributed by atoms with Crippen LogP contribution in [0.5, 0.6) is 0 Å². The fraction of sp³-hybridized carbons (Fsp3) is 1.00. The Morgan fingerprint density at radius 2 is 1.00 bits per heavy atom. The maximum Gasteiger partial charge on any atom is 0.0779 e. The van der Waals surface area contributed by atoms with Gasteiger partial charge in [-0.15, -0.1) is 0 Å². The van der Waals surface area contributed by atoms with Crippen molar-refractivity contribution < 1.29 is 8.79 Å². The van der Waals surface area contributed by atoms with Crippen molar-refractivity contribution in [3.63, 3.8) is 0 Å². The van der Waals surface area contributed by atoms with E-state index in [1.54, 1.807) is 0 Å². The molecule has 0 N–H and O–H groups in total. The molecule has 0 aromatic heterocycles. The first-order chi connectivity index (χ1) is 4.41. The van der Waals surface area contributed by atoms with Gasteiger partial charge in [0.2, 0.25) is 0 Å². The monoisotopic (exact) mass is 136 g/mol. The zero-order valence-corrected chi connectivity index (χ0v) is 6.88. The van der Waals surface area contributed by atoms with E-state index in [1.807, 2.05) is 14.1 Å². The number of nitrogens with zero attached hydrogens (tertiary/aromatic N) is 2. The smallest absolute Gasteiger partial charge is 0.0779 e. The summed E-state index contributed by atoms with van der Waals surface area (Å²) >= 11 is 0. The molecule has 4 heteroatoms. The van der Waals surface area contributed by atoms with E-state index in [0.29, 0.717) is 8.79 Å². The minimum Gasteiger partial charge on any atom is -0.582 e. The molecule has 2 nitrogen and oxygen atoms in total. The molecule has 0 unspecified atom stereocenters. The number of rotatable bonds is 0. The van der Waals surface area contributed by atoms with Gasteiger partial charge in [0.1, 0.15) is 0 Å². The third-order valence-corrected chi connectivity index (χ3v) is 2.24. The lowest BCUT2D eigenvalue weighted by atomic mass is 10.1. The van der Waals surface area contributed by atoms with Gasteiger partial charge in [0.25, 0.3) is 0 Å². The van der Waals surface area contributed by atoms with Gasteiger partial charge in [0, 0.05) is 14.1 Å². The summed E-state index contributed by atoms with van der Waals surface area (Å²) in [5.74, 6) is 0. The fourth-order valence-corrected chi connectivity index (χ4v) is 1.14. The van der Waals surface area contributed by atoms with E-state index in [4.69, 9.17) is 16.0 Å². The highest BCUT2D eigenvalue weighted by atomic mass is 15.4. The second-order valence-corrected chi connectivity index (χ2v) is 3.85. The molecule has 0 aliphatic carbocycles. The molecular formula is C6H14B2N2. The Bertz CT molecular complexity index is 106. The Kier molecular flexibility index (Phi) is 1.86. The molecule has 0 saturated carbocycles. The van der Waals surface area contributed by atoms with Crippen LogP contribution in [0.15, 0.2) is 0 Å². The lowest BCUT2D eigenvalue weighted by Crippen LogP contribution is -2.62. The quantitative estimate of drug-likeness (QED) is 0.377. The van der Waals surface area contributed by atoms with Crippen molar-refractivity contribution >= 4 is 16.0 Å². The SMILES string of the molecule is [B-][N+]1(C)CC[N+]([B-])(C)CC1. The second-order valence-electron chi connectivity index (χ2n) is 3.85. The van der Waals surface area contributed by atoms with Crippen molar-refractivity contribution in [2.24, 2.45) is 0 Å². The molecule has 54 valence electrons. The van der Waals surface area contributed by atoms with Gasteiger partial charge in [0.15, 0.2) is 0 Å². The highest BCUT2D eigenvalue weighted by Crippen LogP contribution is 2.08. The number of piperazine rings is 1. The third-order valence-electron chi connectivity index (χ3n) is 2.24. The van der Waals surface area contributed by atoms with E-state index < -0.39 is 0 Å². The molecule has 1 aliphatic heterocycles. The Morgan fingerprint density at radius 1 is 0.800 bits per heavy atom. The van der Waals surface area contributed by atoms with Crippen LogP contribution in [0.3, 0.4) is 0 Å². The molecule has 1 fully saturated rings. The van der Waals surface area contributed by atoms with Crippen molar-refractivity contribution in [1.82, 2.24) is 0 Å². The summed E-state index contributed by atoms with van der Waals surface area (Å²) in [4.78, 5) is 0. The maximum atomic E-state index is 5.87. The van der Waals surface area contributed by atoms with Crippen LogP contribution in [0.1, 0.15) is 0 Å². The predicted molar refractivity (Wildman–Crippen MR) is 43.3 cm³/mol. The summed E-state index contributed by atoms with van der Waals surface area (Å²) in [6.45, 7) is 3.92. The van der Waals surface area contributed by atoms with Gasteiger partial charge in [-0.3, -0.25) is 0 Å². The number of likely N-dealkylation sites (N-methyl/N-ethyl adjacent to an activating group) is 2. The van der Waals surface area contributed by atoms with E-state index in [1.165, 1.54) is 0 Å². The number of quaternary nitrogens is 2. The average Bonchev–Trinajstić information content (AvgIpc) is 1.79. The van der Waals surface area contributed by atoms with E-state index in [2.05, 4.69) is 0 Å². The molecule has 0 bridgehead atoms. The normalized spacial score (nSPS) is 49.2. The predicted octanol–water partition coefficient (Wildman–Crippen LogP) is -0.940. The van der Waals surface area contributed by atoms with Crippen LogP contribution in [-0.4, -0.2) is 65.0 Å². The highest BCUT2D eigenvalue weighted by Gasteiger charge is 2.16. The van der Waals surface area contributed by atoms with Crippen LogP contribution in [0.2, 0.25) is 0 Å². The van der Waals surface area contributed by atoms with Crippen molar-refractivity contribution in [2.75, 3.05) is 40.3 Å². The third kappa shape index (κ3) is 2.03. The van der Waals surface area contributed by atoms with Gasteiger partial charge < -0.3 is 8.79 Å². The van der Waals surface area contributed by atoms with Crippen molar-refractivity contribution in [3.05, 3.63) is 0 Å². The standard InChI is InChI=1S/C6H14B2N2/c1-9(7)3-5-10(2,8)6-4-9/h3-6H2,1-2H3. The van der Waals surface area contributed by atoms with Gasteiger partial charge >= 0.3 is 0 Å². The van der Waals surface area contributed by atoms with Gasteiger partial charge in [0.05, 0.1) is 26.2 Å². The average molecular weight is 136 g/mol. The Hall–Kier alpha value is 0.0499. The van der Waals surface area contributed by atoms with Crippen LogP contribution in [-0.2, 0) is 0 Å². The van der Waals surface area contributed by atoms with Gasteiger partial charge in [-0.2, -0.15) is 0 Å². The lowest BCUT2D eigenvalue weighted by molar-refractivity contribution is -0.912. The summed E-state index contributed by atoms with van der Waals surface area (Å²) in [5, 5.41) is 0. The molecule has 0 amide bonds. The second kappa shape index (κ2) is 2.28. The first-order valence-electron chi connectivity index (χ1n) is 3.68. The van der Waals surface area contributed by atoms with E-state index in [9.17, 15) is 0 Å². The molecule has 1 rings (SSSR count). The maximum absolute atomic E-state index is 5.87. The molecule has 0 atom stereocenters. The molecule has 0 spiro atoms. The summed E-state index contributed by atoms with van der Waals surface area (Å²) in [5.41, 5.74) is 0. The Labute approximate surface area is 65.8 Å². The van der Waals surface area contributed by atoms with Gasteiger partial charge in [-0.05, 0) is 0 Å². The van der Waals surface area contributed by atoms with Gasteiger partial charge in [-0.1, -0.05) is 0 Å². The summed E-state index contributed by atoms with van der Waals surface area (Å²) in [6.07, 6.45) is 0. The molecule has 0 aromatic carbocycles. The molecular weight excluding hydrogens is 122 g/mol. The molecule has 0 aromatic rings. The zero-order chi connectivity index (χ0) is 7.83. The number of hydrogen-bond donors (Lipinski definition) is 0. The molecule has 6 radical (unpaired) electrons. The zero-order valence-electron chi connectivity index (χ0n) is 6.88. The fourth-order valence-electron chi connectivity index (χ4n) is 1.14. The largest absolute Gasteiger partial charge is 0.582 e.